The van der Waals surface area contributed by atoms with Gasteiger partial charge in [-0.1, -0.05) is 6.92 Å². The Kier molecular flexibility index (Phi) is 6.67. The summed E-state index contributed by atoms with van der Waals surface area (Å²) in [5.41, 5.74) is 1.48. The minimum atomic E-state index is -1.02. The number of nitrogens with zero attached hydrogens (tertiary/aromatic N) is 4. The minimum Gasteiger partial charge on any atom is -0.465 e. The molecule has 34 heavy (non-hydrogen) atoms. The Morgan fingerprint density at radius 2 is 1.88 bits per heavy atom. The van der Waals surface area contributed by atoms with Crippen molar-refractivity contribution in [1.29, 1.82) is 0 Å². The summed E-state index contributed by atoms with van der Waals surface area (Å²) in [4.78, 5) is 30.9. The van der Waals surface area contributed by atoms with Gasteiger partial charge in [-0.25, -0.2) is 18.6 Å². The lowest BCUT2D eigenvalue weighted by atomic mass is 9.99. The van der Waals surface area contributed by atoms with Crippen LogP contribution in [0, 0.1) is 11.6 Å². The fourth-order valence-electron chi connectivity index (χ4n) is 4.23. The largest absolute Gasteiger partial charge is 0.465 e. The number of rotatable bonds is 6. The highest BCUT2D eigenvalue weighted by molar-refractivity contribution is 5.97. The Hall–Kier alpha value is -3.69. The van der Waals surface area contributed by atoms with Crippen molar-refractivity contribution in [2.24, 2.45) is 0 Å². The zero-order valence-corrected chi connectivity index (χ0v) is 19.1. The van der Waals surface area contributed by atoms with Gasteiger partial charge >= 0.3 is 6.09 Å². The first-order valence-electron chi connectivity index (χ1n) is 11.2. The van der Waals surface area contributed by atoms with Gasteiger partial charge in [0.25, 0.3) is 5.91 Å². The summed E-state index contributed by atoms with van der Waals surface area (Å²) < 4.78 is 31.7. The van der Waals surface area contributed by atoms with E-state index in [2.05, 4.69) is 10.3 Å². The smallest absolute Gasteiger partial charge is 0.407 e. The summed E-state index contributed by atoms with van der Waals surface area (Å²) in [5, 5.41) is 12.7. The van der Waals surface area contributed by atoms with E-state index < -0.39 is 23.6 Å². The maximum Gasteiger partial charge on any atom is 0.407 e. The van der Waals surface area contributed by atoms with Crippen LogP contribution in [0.15, 0.2) is 36.7 Å². The molecular formula is C24H27F2N5O3. The van der Waals surface area contributed by atoms with E-state index in [1.165, 1.54) is 11.1 Å². The molecule has 0 saturated carbocycles. The highest BCUT2D eigenvalue weighted by Crippen LogP contribution is 2.28. The number of carboxylic acid groups (broad SMARTS) is 1. The van der Waals surface area contributed by atoms with E-state index in [0.29, 0.717) is 5.56 Å². The highest BCUT2D eigenvalue weighted by atomic mass is 19.1. The Morgan fingerprint density at radius 1 is 1.15 bits per heavy atom. The number of aromatic nitrogens is 2. The van der Waals surface area contributed by atoms with Crippen LogP contribution in [0.1, 0.15) is 35.7 Å². The standard InChI is InChI=1S/C24H27F2N5O3/c1-3-29-5-4-16-10-17(14-27-22(16)29)23(32)28-13-15(2)18-11-20(26)21(12-19(18)25)30-6-8-31(9-7-30)24(33)34/h4-5,10-12,14-15H,3,6-9,13H2,1-2H3,(H,28,32)(H,33,34). The third kappa shape index (κ3) is 4.66. The minimum absolute atomic E-state index is 0.112. The van der Waals surface area contributed by atoms with Crippen LogP contribution in [0.3, 0.4) is 0 Å². The van der Waals surface area contributed by atoms with Crippen molar-refractivity contribution >= 4 is 28.7 Å². The van der Waals surface area contributed by atoms with Gasteiger partial charge in [0.2, 0.25) is 0 Å². The van der Waals surface area contributed by atoms with Crippen LogP contribution in [-0.4, -0.2) is 64.3 Å². The summed E-state index contributed by atoms with van der Waals surface area (Å²) >= 11 is 0. The molecule has 0 spiro atoms. The average molecular weight is 472 g/mol. The molecular weight excluding hydrogens is 444 g/mol. The Labute approximate surface area is 195 Å². The highest BCUT2D eigenvalue weighted by Gasteiger charge is 2.24. The number of nitrogens with one attached hydrogen (secondary N) is 1. The Balaban J connectivity index is 1.41. The van der Waals surface area contributed by atoms with Crippen LogP contribution in [0.4, 0.5) is 19.3 Å². The Bertz CT molecular complexity index is 1220. The normalized spacial score (nSPS) is 14.9. The van der Waals surface area contributed by atoms with Crippen LogP contribution in [0.2, 0.25) is 0 Å². The lowest BCUT2D eigenvalue weighted by Gasteiger charge is -2.35. The van der Waals surface area contributed by atoms with Crippen molar-refractivity contribution in [2.75, 3.05) is 37.6 Å². The fraction of sp³-hybridized carbons (Fsp3) is 0.375. The molecule has 2 aromatic heterocycles. The average Bonchev–Trinajstić information content (AvgIpc) is 3.26. The van der Waals surface area contributed by atoms with Crippen molar-refractivity contribution in [1.82, 2.24) is 19.8 Å². The van der Waals surface area contributed by atoms with Crippen molar-refractivity contribution in [2.45, 2.75) is 26.3 Å². The Morgan fingerprint density at radius 3 is 2.56 bits per heavy atom. The third-order valence-electron chi connectivity index (χ3n) is 6.26. The number of halogens is 2. The van der Waals surface area contributed by atoms with Crippen LogP contribution in [-0.2, 0) is 6.54 Å². The van der Waals surface area contributed by atoms with Gasteiger partial charge in [-0.2, -0.15) is 0 Å². The van der Waals surface area contributed by atoms with Crippen LogP contribution in [0.5, 0.6) is 0 Å². The number of amides is 2. The quantitative estimate of drug-likeness (QED) is 0.573. The molecule has 2 amide bonds. The molecule has 0 radical (unpaired) electrons. The van der Waals surface area contributed by atoms with Gasteiger partial charge in [0.15, 0.2) is 0 Å². The van der Waals surface area contributed by atoms with Crippen LogP contribution >= 0.6 is 0 Å². The molecule has 10 heteroatoms. The lowest BCUT2D eigenvalue weighted by molar-refractivity contribution is 0.0951. The number of fused-ring (bicyclic) bond motifs is 1. The van der Waals surface area contributed by atoms with E-state index in [-0.39, 0.29) is 49.9 Å². The number of benzene rings is 1. The molecule has 3 aromatic rings. The molecule has 2 N–H and O–H groups in total. The van der Waals surface area contributed by atoms with Gasteiger partial charge in [-0.05, 0) is 30.7 Å². The number of anilines is 1. The number of hydrogen-bond acceptors (Lipinski definition) is 4. The molecule has 3 heterocycles. The zero-order chi connectivity index (χ0) is 24.4. The summed E-state index contributed by atoms with van der Waals surface area (Å²) in [5.74, 6) is -1.94. The lowest BCUT2D eigenvalue weighted by Crippen LogP contribution is -2.48. The number of aryl methyl sites for hydroxylation is 1. The van der Waals surface area contributed by atoms with Crippen molar-refractivity contribution in [3.8, 4) is 0 Å². The van der Waals surface area contributed by atoms with Crippen molar-refractivity contribution in [3.05, 3.63) is 59.4 Å². The van der Waals surface area contributed by atoms with E-state index in [9.17, 15) is 18.4 Å². The molecule has 1 saturated heterocycles. The summed E-state index contributed by atoms with van der Waals surface area (Å²) in [7, 11) is 0. The number of hydrogen-bond donors (Lipinski definition) is 2. The molecule has 1 atom stereocenters. The second-order valence-corrected chi connectivity index (χ2v) is 8.43. The van der Waals surface area contributed by atoms with Gasteiger partial charge in [-0.3, -0.25) is 4.79 Å². The first-order valence-corrected chi connectivity index (χ1v) is 11.2. The molecule has 1 unspecified atom stereocenters. The maximum absolute atomic E-state index is 14.9. The van der Waals surface area contributed by atoms with Gasteiger partial charge in [0.05, 0.1) is 11.3 Å². The number of carbonyl (C=O) groups excluding carboxylic acids is 1. The van der Waals surface area contributed by atoms with Crippen LogP contribution in [0.25, 0.3) is 11.0 Å². The van der Waals surface area contributed by atoms with E-state index in [0.717, 1.165) is 29.7 Å². The predicted molar refractivity (Wildman–Crippen MR) is 124 cm³/mol. The second kappa shape index (κ2) is 9.66. The maximum atomic E-state index is 14.9. The number of carbonyl (C=O) groups is 2. The third-order valence-corrected chi connectivity index (χ3v) is 6.26. The van der Waals surface area contributed by atoms with Crippen LogP contribution < -0.4 is 10.2 Å². The van der Waals surface area contributed by atoms with E-state index in [4.69, 9.17) is 5.11 Å². The van der Waals surface area contributed by atoms with Gasteiger partial charge in [-0.15, -0.1) is 0 Å². The number of piperazine rings is 1. The topological polar surface area (TPSA) is 90.7 Å². The molecule has 180 valence electrons. The summed E-state index contributed by atoms with van der Waals surface area (Å²) in [6.07, 6.45) is 2.40. The molecule has 1 aliphatic rings. The van der Waals surface area contributed by atoms with Crippen molar-refractivity contribution < 1.29 is 23.5 Å². The fourth-order valence-corrected chi connectivity index (χ4v) is 4.23. The predicted octanol–water partition coefficient (Wildman–Crippen LogP) is 3.67. The SMILES string of the molecule is CCn1ccc2cc(C(=O)NCC(C)c3cc(F)c(N4CCN(C(=O)O)CC4)cc3F)cnc21. The molecule has 4 rings (SSSR count). The first-order chi connectivity index (χ1) is 16.3. The van der Waals surface area contributed by atoms with Crippen molar-refractivity contribution in [3.63, 3.8) is 0 Å². The number of pyridine rings is 1. The van der Waals surface area contributed by atoms with Gasteiger partial charge in [0.1, 0.15) is 17.3 Å². The van der Waals surface area contributed by atoms with E-state index in [1.54, 1.807) is 17.9 Å². The molecule has 0 bridgehead atoms. The summed E-state index contributed by atoms with van der Waals surface area (Å²) in [6, 6.07) is 5.96. The molecule has 8 nitrogen and oxygen atoms in total. The van der Waals surface area contributed by atoms with Gasteiger partial charge in [0, 0.05) is 69.0 Å². The summed E-state index contributed by atoms with van der Waals surface area (Å²) in [6.45, 7) is 5.65. The zero-order valence-electron chi connectivity index (χ0n) is 19.1. The van der Waals surface area contributed by atoms with Gasteiger partial charge < -0.3 is 24.8 Å². The second-order valence-electron chi connectivity index (χ2n) is 8.43. The molecule has 0 aliphatic carbocycles. The van der Waals surface area contributed by atoms with E-state index >= 15 is 0 Å². The van der Waals surface area contributed by atoms with E-state index in [1.807, 2.05) is 23.8 Å². The monoisotopic (exact) mass is 471 g/mol. The molecule has 1 fully saturated rings. The molecule has 1 aromatic carbocycles. The molecule has 1 aliphatic heterocycles. The first kappa shape index (κ1) is 23.5.